The second-order valence-corrected chi connectivity index (χ2v) is 8.06. The third-order valence-electron chi connectivity index (χ3n) is 3.07. The van der Waals surface area contributed by atoms with Crippen molar-refractivity contribution in [3.63, 3.8) is 0 Å². The summed E-state index contributed by atoms with van der Waals surface area (Å²) < 4.78 is 22.3. The van der Waals surface area contributed by atoms with E-state index < -0.39 is 10.0 Å². The number of nitrogens with one attached hydrogen (secondary N) is 1. The number of nitrogens with two attached hydrogens (primary N) is 1. The molecule has 1 fully saturated rings. The molecule has 0 atom stereocenters. The van der Waals surface area contributed by atoms with Gasteiger partial charge in [0, 0.05) is 11.3 Å². The molecular weight excluding hydrogens is 294 g/mol. The van der Waals surface area contributed by atoms with Gasteiger partial charge >= 0.3 is 0 Å². The Morgan fingerprint density at radius 2 is 2.00 bits per heavy atom. The Labute approximate surface area is 124 Å². The van der Waals surface area contributed by atoms with Crippen molar-refractivity contribution in [2.24, 2.45) is 10.1 Å². The van der Waals surface area contributed by atoms with E-state index in [0.717, 1.165) is 22.9 Å². The Hall–Kier alpha value is -1.05. The maximum absolute atomic E-state index is 11.2. The molecule has 0 saturated carbocycles. The molecule has 0 bridgehead atoms. The molecule has 2 rings (SSSR count). The van der Waals surface area contributed by atoms with Gasteiger partial charge in [0.25, 0.3) is 0 Å². The summed E-state index contributed by atoms with van der Waals surface area (Å²) >= 11 is 1.72. The number of aliphatic imine (C=N–C) groups is 1. The summed E-state index contributed by atoms with van der Waals surface area (Å²) in [6.07, 6.45) is 1.11. The van der Waals surface area contributed by atoms with Gasteiger partial charge < -0.3 is 5.32 Å². The van der Waals surface area contributed by atoms with E-state index in [2.05, 4.69) is 24.2 Å². The van der Waals surface area contributed by atoms with Crippen LogP contribution in [-0.4, -0.2) is 24.9 Å². The van der Waals surface area contributed by atoms with Crippen LogP contribution in [0.1, 0.15) is 25.8 Å². The van der Waals surface area contributed by atoms with Crippen LogP contribution < -0.4 is 10.5 Å². The molecule has 1 saturated heterocycles. The van der Waals surface area contributed by atoms with Gasteiger partial charge in [-0.05, 0) is 38.0 Å². The summed E-state index contributed by atoms with van der Waals surface area (Å²) in [5.41, 5.74) is 1.04. The number of rotatable bonds is 3. The van der Waals surface area contributed by atoms with Gasteiger partial charge in [0.15, 0.2) is 5.17 Å². The highest BCUT2D eigenvalue weighted by atomic mass is 32.2. The van der Waals surface area contributed by atoms with Crippen molar-refractivity contribution in [1.82, 2.24) is 5.32 Å². The molecule has 0 amide bonds. The summed E-state index contributed by atoms with van der Waals surface area (Å²) in [4.78, 5) is 4.65. The number of hydrogen-bond donors (Lipinski definition) is 2. The minimum absolute atomic E-state index is 0.0849. The zero-order chi connectivity index (χ0) is 14.8. The van der Waals surface area contributed by atoms with E-state index in [0.29, 0.717) is 6.54 Å². The highest BCUT2D eigenvalue weighted by molar-refractivity contribution is 8.13. The summed E-state index contributed by atoms with van der Waals surface area (Å²) in [7, 11) is -3.62. The van der Waals surface area contributed by atoms with E-state index in [1.165, 1.54) is 12.1 Å². The molecule has 1 heterocycles. The third kappa shape index (κ3) is 4.22. The van der Waals surface area contributed by atoms with Crippen LogP contribution >= 0.6 is 11.8 Å². The fourth-order valence-electron chi connectivity index (χ4n) is 1.82. The van der Waals surface area contributed by atoms with Gasteiger partial charge in [-0.3, -0.25) is 4.99 Å². The monoisotopic (exact) mass is 313 g/mol. The van der Waals surface area contributed by atoms with Crippen LogP contribution in [-0.2, 0) is 16.6 Å². The molecule has 110 valence electrons. The second kappa shape index (κ2) is 5.75. The number of sulfonamides is 1. The molecule has 7 heteroatoms. The van der Waals surface area contributed by atoms with Crippen LogP contribution in [0.4, 0.5) is 0 Å². The average molecular weight is 313 g/mol. The lowest BCUT2D eigenvalue weighted by atomic mass is 10.0. The van der Waals surface area contributed by atoms with Crippen LogP contribution in [0.25, 0.3) is 0 Å². The largest absolute Gasteiger partial charge is 0.360 e. The third-order valence-corrected chi connectivity index (χ3v) is 4.91. The molecule has 0 aliphatic carbocycles. The van der Waals surface area contributed by atoms with Crippen molar-refractivity contribution in [3.8, 4) is 0 Å². The SMILES string of the molecule is CC1(C)CCSC(=NCc2ccc(S(N)(=O)=O)cc2)N1. The van der Waals surface area contributed by atoms with Gasteiger partial charge in [-0.15, -0.1) is 0 Å². The van der Waals surface area contributed by atoms with Crippen molar-refractivity contribution in [2.75, 3.05) is 5.75 Å². The maximum atomic E-state index is 11.2. The first-order valence-electron chi connectivity index (χ1n) is 6.33. The molecule has 1 aliphatic heterocycles. The summed E-state index contributed by atoms with van der Waals surface area (Å²) in [6, 6.07) is 6.50. The Balaban J connectivity index is 2.04. The molecule has 0 unspecified atom stereocenters. The van der Waals surface area contributed by atoms with E-state index in [1.54, 1.807) is 23.9 Å². The molecule has 1 aromatic carbocycles. The van der Waals surface area contributed by atoms with Gasteiger partial charge in [0.2, 0.25) is 10.0 Å². The van der Waals surface area contributed by atoms with Crippen molar-refractivity contribution >= 4 is 27.0 Å². The molecule has 20 heavy (non-hydrogen) atoms. The summed E-state index contributed by atoms with van der Waals surface area (Å²) in [5, 5.41) is 9.40. The summed E-state index contributed by atoms with van der Waals surface area (Å²) in [6.45, 7) is 4.84. The first kappa shape index (κ1) is 15.3. The van der Waals surface area contributed by atoms with Gasteiger partial charge in [0.1, 0.15) is 0 Å². The minimum atomic E-state index is -3.62. The second-order valence-electron chi connectivity index (χ2n) is 5.42. The zero-order valence-electron chi connectivity index (χ0n) is 11.6. The Morgan fingerprint density at radius 3 is 2.55 bits per heavy atom. The predicted molar refractivity (Wildman–Crippen MR) is 83.2 cm³/mol. The van der Waals surface area contributed by atoms with Crippen molar-refractivity contribution in [2.45, 2.75) is 37.2 Å². The highest BCUT2D eigenvalue weighted by Crippen LogP contribution is 2.22. The van der Waals surface area contributed by atoms with Crippen LogP contribution in [0.15, 0.2) is 34.2 Å². The van der Waals surface area contributed by atoms with Crippen molar-refractivity contribution in [1.29, 1.82) is 0 Å². The summed E-state index contributed by atoms with van der Waals surface area (Å²) in [5.74, 6) is 1.06. The number of amidine groups is 1. The van der Waals surface area contributed by atoms with Gasteiger partial charge in [-0.25, -0.2) is 13.6 Å². The van der Waals surface area contributed by atoms with E-state index in [4.69, 9.17) is 5.14 Å². The smallest absolute Gasteiger partial charge is 0.238 e. The fraction of sp³-hybridized carbons (Fsp3) is 0.462. The number of benzene rings is 1. The maximum Gasteiger partial charge on any atom is 0.238 e. The molecule has 0 radical (unpaired) electrons. The van der Waals surface area contributed by atoms with Crippen LogP contribution in [0.3, 0.4) is 0 Å². The minimum Gasteiger partial charge on any atom is -0.360 e. The van der Waals surface area contributed by atoms with E-state index >= 15 is 0 Å². The Kier molecular flexibility index (Phi) is 4.41. The Bertz CT molecular complexity index is 607. The number of hydrogen-bond acceptors (Lipinski definition) is 4. The number of nitrogens with zero attached hydrogens (tertiary/aromatic N) is 1. The molecular formula is C13H19N3O2S2. The number of primary sulfonamides is 1. The molecule has 1 aromatic rings. The van der Waals surface area contributed by atoms with Gasteiger partial charge in [-0.2, -0.15) is 0 Å². The van der Waals surface area contributed by atoms with Crippen molar-refractivity contribution in [3.05, 3.63) is 29.8 Å². The van der Waals surface area contributed by atoms with Crippen LogP contribution in [0, 0.1) is 0 Å². The molecule has 0 aromatic heterocycles. The topological polar surface area (TPSA) is 84.5 Å². The highest BCUT2D eigenvalue weighted by Gasteiger charge is 2.23. The van der Waals surface area contributed by atoms with Crippen LogP contribution in [0.5, 0.6) is 0 Å². The molecule has 3 N–H and O–H groups in total. The zero-order valence-corrected chi connectivity index (χ0v) is 13.2. The van der Waals surface area contributed by atoms with Crippen LogP contribution in [0.2, 0.25) is 0 Å². The van der Waals surface area contributed by atoms with Gasteiger partial charge in [-0.1, -0.05) is 23.9 Å². The van der Waals surface area contributed by atoms with E-state index in [9.17, 15) is 8.42 Å². The number of thioether (sulfide) groups is 1. The van der Waals surface area contributed by atoms with Crippen molar-refractivity contribution < 1.29 is 8.42 Å². The normalized spacial score (nSPS) is 20.6. The first-order valence-corrected chi connectivity index (χ1v) is 8.87. The van der Waals surface area contributed by atoms with E-state index in [-0.39, 0.29) is 10.4 Å². The lowest BCUT2D eigenvalue weighted by Crippen LogP contribution is -2.46. The lowest BCUT2D eigenvalue weighted by molar-refractivity contribution is 0.446. The van der Waals surface area contributed by atoms with Gasteiger partial charge in [0.05, 0.1) is 11.4 Å². The lowest BCUT2D eigenvalue weighted by Gasteiger charge is -2.32. The quantitative estimate of drug-likeness (QED) is 0.889. The standard InChI is InChI=1S/C13H19N3O2S2/c1-13(2)7-8-19-12(16-13)15-9-10-3-5-11(6-4-10)20(14,17)18/h3-6H,7-9H2,1-2H3,(H,15,16)(H2,14,17,18). The predicted octanol–water partition coefficient (Wildman–Crippen LogP) is 1.70. The van der Waals surface area contributed by atoms with E-state index in [1.807, 2.05) is 0 Å². The Morgan fingerprint density at radius 1 is 1.35 bits per heavy atom. The molecule has 5 nitrogen and oxygen atoms in total. The molecule has 0 spiro atoms. The first-order chi connectivity index (χ1) is 9.26. The average Bonchev–Trinajstić information content (AvgIpc) is 2.35. The fourth-order valence-corrected chi connectivity index (χ4v) is 3.65. The molecule has 1 aliphatic rings.